The number of nitrogens with zero attached hydrogens (tertiary/aromatic N) is 2. The van der Waals surface area contributed by atoms with Crippen LogP contribution in [0.15, 0.2) is 17.1 Å². The third-order valence-electron chi connectivity index (χ3n) is 6.80. The van der Waals surface area contributed by atoms with E-state index in [1.807, 2.05) is 19.2 Å². The van der Waals surface area contributed by atoms with Crippen LogP contribution in [0.2, 0.25) is 0 Å². The van der Waals surface area contributed by atoms with Gasteiger partial charge >= 0.3 is 0 Å². The largest absolute Gasteiger partial charge is 0.493 e. The molecule has 1 saturated carbocycles. The molecular formula is C24H40N4O3. The molecular weight excluding hydrogens is 392 g/mol. The molecule has 0 radical (unpaired) electrons. The number of guanidine groups is 1. The maximum absolute atomic E-state index is 5.48. The Morgan fingerprint density at radius 1 is 0.903 bits per heavy atom. The first kappa shape index (κ1) is 23.5. The van der Waals surface area contributed by atoms with Crippen LogP contribution in [-0.2, 0) is 6.54 Å². The van der Waals surface area contributed by atoms with Crippen LogP contribution in [0, 0.1) is 0 Å². The molecule has 2 N–H and O–H groups in total. The van der Waals surface area contributed by atoms with E-state index >= 15 is 0 Å². The highest BCUT2D eigenvalue weighted by Crippen LogP contribution is 2.38. The molecule has 0 bridgehead atoms. The monoisotopic (exact) mass is 432 g/mol. The zero-order valence-electron chi connectivity index (χ0n) is 19.8. The summed E-state index contributed by atoms with van der Waals surface area (Å²) in [7, 11) is 6.73. The maximum Gasteiger partial charge on any atom is 0.203 e. The van der Waals surface area contributed by atoms with Crippen LogP contribution < -0.4 is 24.8 Å². The van der Waals surface area contributed by atoms with E-state index in [0.717, 1.165) is 18.1 Å². The van der Waals surface area contributed by atoms with Crippen molar-refractivity contribution >= 4 is 5.96 Å². The smallest absolute Gasteiger partial charge is 0.203 e. The van der Waals surface area contributed by atoms with Crippen molar-refractivity contribution in [2.24, 2.45) is 4.99 Å². The van der Waals surface area contributed by atoms with Crippen molar-refractivity contribution in [2.75, 3.05) is 48.0 Å². The van der Waals surface area contributed by atoms with Crippen molar-refractivity contribution in [3.05, 3.63) is 17.7 Å². The number of nitrogens with one attached hydrogen (secondary N) is 2. The van der Waals surface area contributed by atoms with Crippen molar-refractivity contribution in [1.82, 2.24) is 15.5 Å². The van der Waals surface area contributed by atoms with Gasteiger partial charge in [-0.2, -0.15) is 0 Å². The van der Waals surface area contributed by atoms with Gasteiger partial charge in [-0.25, -0.2) is 0 Å². The summed E-state index contributed by atoms with van der Waals surface area (Å²) in [6.07, 6.45) is 10.6. The van der Waals surface area contributed by atoms with E-state index in [1.54, 1.807) is 21.3 Å². The Balaban J connectivity index is 1.63. The zero-order valence-corrected chi connectivity index (χ0v) is 19.8. The van der Waals surface area contributed by atoms with Gasteiger partial charge in [0.25, 0.3) is 0 Å². The van der Waals surface area contributed by atoms with Gasteiger partial charge in [-0.15, -0.1) is 0 Å². The van der Waals surface area contributed by atoms with Crippen molar-refractivity contribution in [2.45, 2.75) is 63.5 Å². The summed E-state index contributed by atoms with van der Waals surface area (Å²) in [4.78, 5) is 7.23. The lowest BCUT2D eigenvalue weighted by Crippen LogP contribution is -2.59. The van der Waals surface area contributed by atoms with Crippen molar-refractivity contribution < 1.29 is 14.2 Å². The van der Waals surface area contributed by atoms with Gasteiger partial charge in [-0.05, 0) is 56.5 Å². The number of likely N-dealkylation sites (tertiary alicyclic amines) is 1. The number of hydrogen-bond donors (Lipinski definition) is 2. The molecule has 0 amide bonds. The number of benzene rings is 1. The quantitative estimate of drug-likeness (QED) is 0.484. The first-order valence-electron chi connectivity index (χ1n) is 11.6. The van der Waals surface area contributed by atoms with Gasteiger partial charge < -0.3 is 24.8 Å². The summed E-state index contributed by atoms with van der Waals surface area (Å²) in [6.45, 7) is 4.04. The summed E-state index contributed by atoms with van der Waals surface area (Å²) in [5.41, 5.74) is 1.31. The number of hydrogen-bond acceptors (Lipinski definition) is 5. The Labute approximate surface area is 187 Å². The highest BCUT2D eigenvalue weighted by molar-refractivity contribution is 5.79. The van der Waals surface area contributed by atoms with Gasteiger partial charge in [0.1, 0.15) is 0 Å². The second-order valence-electron chi connectivity index (χ2n) is 8.65. The van der Waals surface area contributed by atoms with E-state index in [4.69, 9.17) is 14.2 Å². The van der Waals surface area contributed by atoms with Crippen LogP contribution in [0.25, 0.3) is 0 Å². The minimum absolute atomic E-state index is 0.267. The molecule has 7 nitrogen and oxygen atoms in total. The van der Waals surface area contributed by atoms with Gasteiger partial charge in [-0.3, -0.25) is 9.89 Å². The van der Waals surface area contributed by atoms with Crippen LogP contribution in [-0.4, -0.2) is 64.4 Å². The van der Waals surface area contributed by atoms with Crippen molar-refractivity contribution in [1.29, 1.82) is 0 Å². The van der Waals surface area contributed by atoms with Gasteiger partial charge in [0.15, 0.2) is 17.5 Å². The fourth-order valence-corrected chi connectivity index (χ4v) is 5.08. The summed E-state index contributed by atoms with van der Waals surface area (Å²) < 4.78 is 16.4. The third-order valence-corrected chi connectivity index (χ3v) is 6.80. The predicted octanol–water partition coefficient (Wildman–Crippen LogP) is 3.57. The highest BCUT2D eigenvalue weighted by atomic mass is 16.5. The van der Waals surface area contributed by atoms with Crippen molar-refractivity contribution in [3.8, 4) is 17.2 Å². The zero-order chi connectivity index (χ0) is 22.1. The van der Waals surface area contributed by atoms with Crippen molar-refractivity contribution in [3.63, 3.8) is 0 Å². The Hall–Kier alpha value is -2.15. The van der Waals surface area contributed by atoms with E-state index in [2.05, 4.69) is 20.5 Å². The standard InChI is InChI=1S/C24H40N4O3/c1-25-23(26-17-19-15-20(29-2)22(31-4)21(16-19)30-3)27-18-24(11-7-5-8-12-24)28-13-9-6-10-14-28/h15-16H,5-14,17-18H2,1-4H3,(H2,25,26,27). The molecule has 0 aromatic heterocycles. The molecule has 0 spiro atoms. The topological polar surface area (TPSA) is 67.4 Å². The van der Waals surface area contributed by atoms with Crippen LogP contribution in [0.5, 0.6) is 17.2 Å². The average molecular weight is 433 g/mol. The molecule has 174 valence electrons. The minimum atomic E-state index is 0.267. The number of methoxy groups -OCH3 is 3. The summed E-state index contributed by atoms with van der Waals surface area (Å²) in [5.74, 6) is 2.76. The molecule has 1 aromatic carbocycles. The molecule has 3 rings (SSSR count). The SMILES string of the molecule is CN=C(NCc1cc(OC)c(OC)c(OC)c1)NCC1(N2CCCCC2)CCCCC1. The van der Waals surface area contributed by atoms with E-state index in [1.165, 1.54) is 64.5 Å². The maximum atomic E-state index is 5.48. The molecule has 1 saturated heterocycles. The molecule has 2 aliphatic rings. The number of ether oxygens (including phenoxy) is 3. The van der Waals surface area contributed by atoms with Crippen LogP contribution in [0.3, 0.4) is 0 Å². The molecule has 1 aliphatic heterocycles. The second kappa shape index (κ2) is 11.5. The first-order chi connectivity index (χ1) is 15.2. The number of piperidine rings is 1. The van der Waals surface area contributed by atoms with E-state index in [-0.39, 0.29) is 5.54 Å². The molecule has 1 heterocycles. The fraction of sp³-hybridized carbons (Fsp3) is 0.708. The summed E-state index contributed by atoms with van der Waals surface area (Å²) in [6, 6.07) is 3.94. The Kier molecular flexibility index (Phi) is 8.69. The lowest BCUT2D eigenvalue weighted by molar-refractivity contribution is 0.0368. The van der Waals surface area contributed by atoms with E-state index in [0.29, 0.717) is 23.8 Å². The first-order valence-corrected chi connectivity index (χ1v) is 11.6. The molecule has 2 fully saturated rings. The van der Waals surface area contributed by atoms with E-state index in [9.17, 15) is 0 Å². The summed E-state index contributed by atoms with van der Waals surface area (Å²) >= 11 is 0. The molecule has 1 aliphatic carbocycles. The lowest BCUT2D eigenvalue weighted by Gasteiger charge is -2.48. The second-order valence-corrected chi connectivity index (χ2v) is 8.65. The number of rotatable bonds is 8. The van der Waals surface area contributed by atoms with Gasteiger partial charge in [-0.1, -0.05) is 25.7 Å². The molecule has 31 heavy (non-hydrogen) atoms. The van der Waals surface area contributed by atoms with E-state index < -0.39 is 0 Å². The van der Waals surface area contributed by atoms with Gasteiger partial charge in [0, 0.05) is 25.7 Å². The minimum Gasteiger partial charge on any atom is -0.493 e. The lowest BCUT2D eigenvalue weighted by atomic mass is 9.79. The predicted molar refractivity (Wildman–Crippen MR) is 126 cm³/mol. The normalized spacial score (nSPS) is 19.5. The highest BCUT2D eigenvalue weighted by Gasteiger charge is 2.38. The van der Waals surface area contributed by atoms with Crippen LogP contribution in [0.4, 0.5) is 0 Å². The van der Waals surface area contributed by atoms with Crippen LogP contribution in [0.1, 0.15) is 56.9 Å². The molecule has 1 aromatic rings. The average Bonchev–Trinajstić information content (AvgIpc) is 2.84. The molecule has 7 heteroatoms. The Morgan fingerprint density at radius 2 is 1.52 bits per heavy atom. The third kappa shape index (κ3) is 5.76. The molecule has 0 unspecified atom stereocenters. The molecule has 0 atom stereocenters. The summed E-state index contributed by atoms with van der Waals surface area (Å²) in [5, 5.41) is 7.09. The van der Waals surface area contributed by atoms with Crippen LogP contribution >= 0.6 is 0 Å². The van der Waals surface area contributed by atoms with Gasteiger partial charge in [0.05, 0.1) is 21.3 Å². The Bertz CT molecular complexity index is 701. The number of aliphatic imine (C=N–C) groups is 1. The van der Waals surface area contributed by atoms with Gasteiger partial charge in [0.2, 0.25) is 5.75 Å². The Morgan fingerprint density at radius 3 is 2.06 bits per heavy atom. The fourth-order valence-electron chi connectivity index (χ4n) is 5.08.